The van der Waals surface area contributed by atoms with Crippen molar-refractivity contribution in [2.45, 2.75) is 19.4 Å². The maximum atomic E-state index is 9.47. The molecule has 0 fully saturated rings. The Bertz CT molecular complexity index is 598. The molecule has 21 heavy (non-hydrogen) atoms. The minimum atomic E-state index is 0.227. The first-order chi connectivity index (χ1) is 10.1. The zero-order chi connectivity index (χ0) is 15.2. The molecule has 0 spiro atoms. The summed E-state index contributed by atoms with van der Waals surface area (Å²) >= 11 is 0. The lowest BCUT2D eigenvalue weighted by molar-refractivity contribution is 0.354. The minimum Gasteiger partial charge on any atom is -0.508 e. The van der Waals surface area contributed by atoms with Crippen LogP contribution in [0.5, 0.6) is 17.2 Å². The van der Waals surface area contributed by atoms with Gasteiger partial charge in [0.15, 0.2) is 11.5 Å². The summed E-state index contributed by atoms with van der Waals surface area (Å²) in [7, 11) is 3.26. The number of nitrogens with one attached hydrogen (secondary N) is 1. The van der Waals surface area contributed by atoms with Crippen LogP contribution in [0.3, 0.4) is 0 Å². The van der Waals surface area contributed by atoms with Gasteiger partial charge in [-0.2, -0.15) is 0 Å². The van der Waals surface area contributed by atoms with Crippen LogP contribution in [0.1, 0.15) is 12.5 Å². The van der Waals surface area contributed by atoms with E-state index < -0.39 is 0 Å². The van der Waals surface area contributed by atoms with E-state index in [1.54, 1.807) is 26.4 Å². The number of benzene rings is 2. The average molecular weight is 287 g/mol. The maximum absolute atomic E-state index is 9.47. The van der Waals surface area contributed by atoms with Crippen molar-refractivity contribution in [2.75, 3.05) is 19.5 Å². The molecule has 0 amide bonds. The van der Waals surface area contributed by atoms with Gasteiger partial charge < -0.3 is 19.9 Å². The zero-order valence-electron chi connectivity index (χ0n) is 12.6. The standard InChI is InChI=1S/C17H21NO3/c1-12(18-14-5-4-6-15(19)11-14)9-13-7-8-16(20-2)17(10-13)21-3/h4-8,10-12,18-19H,9H2,1-3H3. The van der Waals surface area contributed by atoms with E-state index in [1.165, 1.54) is 0 Å². The Kier molecular flexibility index (Phi) is 4.93. The first-order valence-corrected chi connectivity index (χ1v) is 6.89. The van der Waals surface area contributed by atoms with Crippen molar-refractivity contribution in [1.29, 1.82) is 0 Å². The van der Waals surface area contributed by atoms with Crippen LogP contribution < -0.4 is 14.8 Å². The second-order valence-corrected chi connectivity index (χ2v) is 4.99. The number of methoxy groups -OCH3 is 2. The van der Waals surface area contributed by atoms with E-state index in [0.29, 0.717) is 0 Å². The molecule has 2 aromatic rings. The van der Waals surface area contributed by atoms with Crippen molar-refractivity contribution in [2.24, 2.45) is 0 Å². The highest BCUT2D eigenvalue weighted by molar-refractivity contribution is 5.49. The highest BCUT2D eigenvalue weighted by Crippen LogP contribution is 2.28. The van der Waals surface area contributed by atoms with E-state index in [4.69, 9.17) is 9.47 Å². The predicted molar refractivity (Wildman–Crippen MR) is 84.4 cm³/mol. The summed E-state index contributed by atoms with van der Waals surface area (Å²) in [5.74, 6) is 1.73. The van der Waals surface area contributed by atoms with Crippen LogP contribution in [0.25, 0.3) is 0 Å². The van der Waals surface area contributed by atoms with Crippen LogP contribution >= 0.6 is 0 Å². The van der Waals surface area contributed by atoms with Crippen LogP contribution in [0.2, 0.25) is 0 Å². The summed E-state index contributed by atoms with van der Waals surface area (Å²) in [6.45, 7) is 2.10. The summed E-state index contributed by atoms with van der Waals surface area (Å²) in [5, 5.41) is 12.8. The molecule has 4 nitrogen and oxygen atoms in total. The summed E-state index contributed by atoms with van der Waals surface area (Å²) in [5.41, 5.74) is 2.07. The SMILES string of the molecule is COc1ccc(CC(C)Nc2cccc(O)c2)cc1OC. The van der Waals surface area contributed by atoms with Gasteiger partial charge in [0.25, 0.3) is 0 Å². The molecule has 112 valence electrons. The topological polar surface area (TPSA) is 50.7 Å². The number of hydrogen-bond donors (Lipinski definition) is 2. The van der Waals surface area contributed by atoms with Crippen molar-refractivity contribution in [3.05, 3.63) is 48.0 Å². The van der Waals surface area contributed by atoms with Gasteiger partial charge in [-0.3, -0.25) is 0 Å². The molecule has 2 rings (SSSR count). The zero-order valence-corrected chi connectivity index (χ0v) is 12.6. The lowest BCUT2D eigenvalue weighted by Gasteiger charge is -2.16. The Morgan fingerprint density at radius 2 is 1.81 bits per heavy atom. The molecule has 0 bridgehead atoms. The molecule has 0 aliphatic heterocycles. The summed E-state index contributed by atoms with van der Waals surface area (Å²) in [6, 6.07) is 13.3. The molecule has 4 heteroatoms. The van der Waals surface area contributed by atoms with Gasteiger partial charge in [0.1, 0.15) is 5.75 Å². The number of hydrogen-bond acceptors (Lipinski definition) is 4. The van der Waals surface area contributed by atoms with Crippen LogP contribution in [0.15, 0.2) is 42.5 Å². The first kappa shape index (κ1) is 15.0. The quantitative estimate of drug-likeness (QED) is 0.854. The normalized spacial score (nSPS) is 11.8. The molecule has 2 N–H and O–H groups in total. The van der Waals surface area contributed by atoms with E-state index in [2.05, 4.69) is 12.2 Å². The Morgan fingerprint density at radius 1 is 1.05 bits per heavy atom. The molecular weight excluding hydrogens is 266 g/mol. The molecule has 0 saturated heterocycles. The molecule has 0 aliphatic rings. The number of ether oxygens (including phenoxy) is 2. The van der Waals surface area contributed by atoms with Crippen molar-refractivity contribution in [3.63, 3.8) is 0 Å². The highest BCUT2D eigenvalue weighted by atomic mass is 16.5. The molecule has 1 unspecified atom stereocenters. The van der Waals surface area contributed by atoms with E-state index in [9.17, 15) is 5.11 Å². The van der Waals surface area contributed by atoms with Gasteiger partial charge in [0.05, 0.1) is 14.2 Å². The van der Waals surface area contributed by atoms with Gasteiger partial charge >= 0.3 is 0 Å². The van der Waals surface area contributed by atoms with Crippen LogP contribution in [0, 0.1) is 0 Å². The molecular formula is C17H21NO3. The van der Waals surface area contributed by atoms with Crippen LogP contribution in [0.4, 0.5) is 5.69 Å². The molecule has 0 radical (unpaired) electrons. The number of phenols is 1. The molecule has 0 heterocycles. The largest absolute Gasteiger partial charge is 0.508 e. The van der Waals surface area contributed by atoms with Crippen LogP contribution in [-0.2, 0) is 6.42 Å². The minimum absolute atomic E-state index is 0.227. The molecule has 1 atom stereocenters. The van der Waals surface area contributed by atoms with Crippen LogP contribution in [-0.4, -0.2) is 25.4 Å². The third kappa shape index (κ3) is 4.05. The fraction of sp³-hybridized carbons (Fsp3) is 0.294. The van der Waals surface area contributed by atoms with E-state index >= 15 is 0 Å². The Hall–Kier alpha value is -2.36. The lowest BCUT2D eigenvalue weighted by Crippen LogP contribution is -2.18. The Labute approximate surface area is 125 Å². The van der Waals surface area contributed by atoms with Gasteiger partial charge in [0, 0.05) is 17.8 Å². The predicted octanol–water partition coefficient (Wildman–Crippen LogP) is 3.45. The van der Waals surface area contributed by atoms with Gasteiger partial charge in [0.2, 0.25) is 0 Å². The van der Waals surface area contributed by atoms with Crippen molar-refractivity contribution < 1.29 is 14.6 Å². The number of rotatable bonds is 6. The monoisotopic (exact) mass is 287 g/mol. The molecule has 2 aromatic carbocycles. The second kappa shape index (κ2) is 6.88. The summed E-state index contributed by atoms with van der Waals surface area (Å²) in [6.07, 6.45) is 0.843. The molecule has 0 saturated carbocycles. The highest BCUT2D eigenvalue weighted by Gasteiger charge is 2.08. The maximum Gasteiger partial charge on any atom is 0.160 e. The van der Waals surface area contributed by atoms with Gasteiger partial charge in [-0.15, -0.1) is 0 Å². The number of aromatic hydroxyl groups is 1. The Morgan fingerprint density at radius 3 is 2.48 bits per heavy atom. The average Bonchev–Trinajstić information content (AvgIpc) is 2.47. The van der Waals surface area contributed by atoms with Gasteiger partial charge in [-0.1, -0.05) is 12.1 Å². The third-order valence-electron chi connectivity index (χ3n) is 3.25. The fourth-order valence-electron chi connectivity index (χ4n) is 2.29. The van der Waals surface area contributed by atoms with Gasteiger partial charge in [-0.05, 0) is 43.2 Å². The smallest absolute Gasteiger partial charge is 0.160 e. The second-order valence-electron chi connectivity index (χ2n) is 4.99. The van der Waals surface area contributed by atoms with Crippen molar-refractivity contribution in [1.82, 2.24) is 0 Å². The number of phenolic OH excluding ortho intramolecular Hbond substituents is 1. The van der Waals surface area contributed by atoms with E-state index in [1.807, 2.05) is 30.3 Å². The molecule has 0 aliphatic carbocycles. The summed E-state index contributed by atoms with van der Waals surface area (Å²) in [4.78, 5) is 0. The van der Waals surface area contributed by atoms with Crippen molar-refractivity contribution >= 4 is 5.69 Å². The van der Waals surface area contributed by atoms with Gasteiger partial charge in [-0.25, -0.2) is 0 Å². The number of anilines is 1. The lowest BCUT2D eigenvalue weighted by atomic mass is 10.1. The van der Waals surface area contributed by atoms with Crippen molar-refractivity contribution in [3.8, 4) is 17.2 Å². The van der Waals surface area contributed by atoms with E-state index in [-0.39, 0.29) is 11.8 Å². The summed E-state index contributed by atoms with van der Waals surface area (Å²) < 4.78 is 10.6. The Balaban J connectivity index is 2.04. The third-order valence-corrected chi connectivity index (χ3v) is 3.25. The van der Waals surface area contributed by atoms with E-state index in [0.717, 1.165) is 29.2 Å². The fourth-order valence-corrected chi connectivity index (χ4v) is 2.29. The first-order valence-electron chi connectivity index (χ1n) is 6.89. The molecule has 0 aromatic heterocycles.